The van der Waals surface area contributed by atoms with Crippen molar-refractivity contribution in [2.75, 3.05) is 11.9 Å². The molecule has 1 aliphatic rings. The molecule has 21 heavy (non-hydrogen) atoms. The number of carboxylic acid groups (broad SMARTS) is 1. The van der Waals surface area contributed by atoms with Gasteiger partial charge in [-0.2, -0.15) is 5.10 Å². The van der Waals surface area contributed by atoms with Crippen molar-refractivity contribution < 1.29 is 19.5 Å². The SMILES string of the molecule is O=C(O)Cn1cc(NC(=O)NCCC(=O)NC2CC2)cn1. The molecular formula is C12H17N5O4. The van der Waals surface area contributed by atoms with Crippen LogP contribution in [0.2, 0.25) is 0 Å². The number of hydrogen-bond acceptors (Lipinski definition) is 4. The lowest BCUT2D eigenvalue weighted by Gasteiger charge is -2.06. The highest BCUT2D eigenvalue weighted by atomic mass is 16.4. The molecule has 0 saturated heterocycles. The first kappa shape index (κ1) is 14.8. The van der Waals surface area contributed by atoms with Crippen molar-refractivity contribution in [3.63, 3.8) is 0 Å². The predicted molar refractivity (Wildman–Crippen MR) is 72.7 cm³/mol. The Bertz CT molecular complexity index is 538. The second-order valence-electron chi connectivity index (χ2n) is 4.79. The summed E-state index contributed by atoms with van der Waals surface area (Å²) in [5.74, 6) is -1.09. The van der Waals surface area contributed by atoms with E-state index in [1.807, 2.05) is 0 Å². The number of aliphatic carboxylic acids is 1. The third-order valence-electron chi connectivity index (χ3n) is 2.77. The number of anilines is 1. The number of nitrogens with zero attached hydrogens (tertiary/aromatic N) is 2. The Morgan fingerprint density at radius 1 is 1.38 bits per heavy atom. The van der Waals surface area contributed by atoms with Crippen LogP contribution in [0.3, 0.4) is 0 Å². The zero-order valence-electron chi connectivity index (χ0n) is 11.3. The molecule has 4 N–H and O–H groups in total. The van der Waals surface area contributed by atoms with Crippen molar-refractivity contribution in [2.24, 2.45) is 0 Å². The number of aromatic nitrogens is 2. The highest BCUT2D eigenvalue weighted by Crippen LogP contribution is 2.18. The number of amides is 3. The van der Waals surface area contributed by atoms with Crippen LogP contribution in [-0.4, -0.2) is 45.4 Å². The van der Waals surface area contributed by atoms with E-state index in [1.165, 1.54) is 17.1 Å². The fourth-order valence-electron chi connectivity index (χ4n) is 1.65. The van der Waals surface area contributed by atoms with Crippen LogP contribution in [0.4, 0.5) is 10.5 Å². The topological polar surface area (TPSA) is 125 Å². The molecular weight excluding hydrogens is 278 g/mol. The van der Waals surface area contributed by atoms with Crippen molar-refractivity contribution in [3.8, 4) is 0 Å². The van der Waals surface area contributed by atoms with Crippen LogP contribution in [0.15, 0.2) is 12.4 Å². The zero-order chi connectivity index (χ0) is 15.2. The summed E-state index contributed by atoms with van der Waals surface area (Å²) in [6.07, 6.45) is 5.04. The molecule has 0 aromatic carbocycles. The Hall–Kier alpha value is -2.58. The second kappa shape index (κ2) is 6.73. The van der Waals surface area contributed by atoms with Gasteiger partial charge in [-0.05, 0) is 12.8 Å². The molecule has 1 fully saturated rings. The number of carbonyl (C=O) groups is 3. The number of urea groups is 1. The van der Waals surface area contributed by atoms with Crippen LogP contribution in [0.1, 0.15) is 19.3 Å². The molecule has 9 nitrogen and oxygen atoms in total. The van der Waals surface area contributed by atoms with Crippen molar-refractivity contribution in [1.29, 1.82) is 0 Å². The average Bonchev–Trinajstić information content (AvgIpc) is 3.09. The standard InChI is InChI=1S/C12H17N5O4/c18-10(15-8-1-2-8)3-4-13-12(21)16-9-5-14-17(6-9)7-11(19)20/h5-6,8H,1-4,7H2,(H,15,18)(H,19,20)(H2,13,16,21). The molecule has 114 valence electrons. The third-order valence-corrected chi connectivity index (χ3v) is 2.77. The molecule has 0 spiro atoms. The van der Waals surface area contributed by atoms with Gasteiger partial charge in [0.25, 0.3) is 0 Å². The van der Waals surface area contributed by atoms with E-state index in [2.05, 4.69) is 21.0 Å². The maximum atomic E-state index is 11.6. The number of carboxylic acids is 1. The van der Waals surface area contributed by atoms with Gasteiger partial charge in [0.15, 0.2) is 0 Å². The van der Waals surface area contributed by atoms with Crippen LogP contribution in [0, 0.1) is 0 Å². The lowest BCUT2D eigenvalue weighted by atomic mass is 10.4. The van der Waals surface area contributed by atoms with Crippen LogP contribution < -0.4 is 16.0 Å². The van der Waals surface area contributed by atoms with E-state index in [4.69, 9.17) is 5.11 Å². The third kappa shape index (κ3) is 5.51. The first-order valence-corrected chi connectivity index (χ1v) is 6.61. The Balaban J connectivity index is 1.65. The van der Waals surface area contributed by atoms with Crippen molar-refractivity contribution in [2.45, 2.75) is 31.8 Å². The van der Waals surface area contributed by atoms with E-state index in [1.54, 1.807) is 0 Å². The maximum absolute atomic E-state index is 11.6. The van der Waals surface area contributed by atoms with Gasteiger partial charge in [-0.3, -0.25) is 14.3 Å². The minimum atomic E-state index is -1.02. The van der Waals surface area contributed by atoms with E-state index in [9.17, 15) is 14.4 Å². The normalized spacial score (nSPS) is 13.5. The molecule has 0 aliphatic heterocycles. The summed E-state index contributed by atoms with van der Waals surface area (Å²) in [4.78, 5) is 33.4. The molecule has 0 atom stereocenters. The predicted octanol–water partition coefficient (Wildman–Crippen LogP) is -0.242. The Labute approximate surface area is 120 Å². The number of hydrogen-bond donors (Lipinski definition) is 4. The molecule has 9 heteroatoms. The van der Waals surface area contributed by atoms with E-state index in [0.29, 0.717) is 11.7 Å². The fraction of sp³-hybridized carbons (Fsp3) is 0.500. The smallest absolute Gasteiger partial charge is 0.325 e. The van der Waals surface area contributed by atoms with Crippen LogP contribution >= 0.6 is 0 Å². The van der Waals surface area contributed by atoms with Crippen LogP contribution in [0.25, 0.3) is 0 Å². The summed E-state index contributed by atoms with van der Waals surface area (Å²) >= 11 is 0. The molecule has 0 unspecified atom stereocenters. The molecule has 1 aromatic rings. The summed E-state index contributed by atoms with van der Waals surface area (Å²) in [7, 11) is 0. The van der Waals surface area contributed by atoms with E-state index in [-0.39, 0.29) is 25.4 Å². The van der Waals surface area contributed by atoms with Gasteiger partial charge >= 0.3 is 12.0 Å². The Kier molecular flexibility index (Phi) is 4.75. The maximum Gasteiger partial charge on any atom is 0.325 e. The van der Waals surface area contributed by atoms with Gasteiger partial charge in [-0.1, -0.05) is 0 Å². The summed E-state index contributed by atoms with van der Waals surface area (Å²) in [5, 5.41) is 20.2. The van der Waals surface area contributed by atoms with E-state index in [0.717, 1.165) is 12.8 Å². The van der Waals surface area contributed by atoms with Gasteiger partial charge in [0.1, 0.15) is 6.54 Å². The number of rotatable bonds is 7. The molecule has 3 amide bonds. The van der Waals surface area contributed by atoms with Gasteiger partial charge < -0.3 is 21.1 Å². The van der Waals surface area contributed by atoms with E-state index >= 15 is 0 Å². The van der Waals surface area contributed by atoms with Crippen molar-refractivity contribution in [3.05, 3.63) is 12.4 Å². The van der Waals surface area contributed by atoms with Gasteiger partial charge in [0, 0.05) is 25.2 Å². The molecule has 1 heterocycles. The van der Waals surface area contributed by atoms with E-state index < -0.39 is 12.0 Å². The van der Waals surface area contributed by atoms with Crippen LogP contribution in [-0.2, 0) is 16.1 Å². The summed E-state index contributed by atoms with van der Waals surface area (Å²) in [5.41, 5.74) is 0.385. The fourth-order valence-corrected chi connectivity index (χ4v) is 1.65. The summed E-state index contributed by atoms with van der Waals surface area (Å²) in [6.45, 7) is -0.0434. The first-order valence-electron chi connectivity index (χ1n) is 6.61. The lowest BCUT2D eigenvalue weighted by Crippen LogP contribution is -2.33. The molecule has 1 aliphatic carbocycles. The Morgan fingerprint density at radius 2 is 2.14 bits per heavy atom. The zero-order valence-corrected chi connectivity index (χ0v) is 11.3. The second-order valence-corrected chi connectivity index (χ2v) is 4.79. The highest BCUT2D eigenvalue weighted by molar-refractivity contribution is 5.89. The molecule has 0 bridgehead atoms. The van der Waals surface area contributed by atoms with Crippen molar-refractivity contribution in [1.82, 2.24) is 20.4 Å². The van der Waals surface area contributed by atoms with Gasteiger partial charge in [0.2, 0.25) is 5.91 Å². The highest BCUT2D eigenvalue weighted by Gasteiger charge is 2.22. The minimum Gasteiger partial charge on any atom is -0.480 e. The summed E-state index contributed by atoms with van der Waals surface area (Å²) < 4.78 is 1.20. The molecule has 1 saturated carbocycles. The number of carbonyl (C=O) groups excluding carboxylic acids is 2. The molecule has 0 radical (unpaired) electrons. The average molecular weight is 295 g/mol. The van der Waals surface area contributed by atoms with Crippen molar-refractivity contribution >= 4 is 23.6 Å². The quantitative estimate of drug-likeness (QED) is 0.552. The lowest BCUT2D eigenvalue weighted by molar-refractivity contribution is -0.137. The van der Waals surface area contributed by atoms with Gasteiger partial charge in [-0.15, -0.1) is 0 Å². The minimum absolute atomic E-state index is 0.0768. The summed E-state index contributed by atoms with van der Waals surface area (Å²) in [6, 6.07) is -0.157. The largest absolute Gasteiger partial charge is 0.480 e. The van der Waals surface area contributed by atoms with Gasteiger partial charge in [-0.25, -0.2) is 4.79 Å². The molecule has 2 rings (SSSR count). The first-order chi connectivity index (χ1) is 10.0. The van der Waals surface area contributed by atoms with Crippen LogP contribution in [0.5, 0.6) is 0 Å². The monoisotopic (exact) mass is 295 g/mol. The molecule has 1 aromatic heterocycles. The number of nitrogens with one attached hydrogen (secondary N) is 3. The Morgan fingerprint density at radius 3 is 2.81 bits per heavy atom. The van der Waals surface area contributed by atoms with Gasteiger partial charge in [0.05, 0.1) is 11.9 Å².